The maximum atomic E-state index is 12.8. The molecule has 3 N–H and O–H groups in total. The topological polar surface area (TPSA) is 94.4 Å². The Morgan fingerprint density at radius 3 is 1.93 bits per heavy atom. The molecule has 0 spiro atoms. The smallest absolute Gasteiger partial charge is 0.230 e. The number of aromatic amines is 3. The van der Waals surface area contributed by atoms with Gasteiger partial charge in [-0.25, -0.2) is 4.98 Å². The lowest BCUT2D eigenvalue weighted by molar-refractivity contribution is 0.103. The van der Waals surface area contributed by atoms with Crippen LogP contribution in [0.4, 0.5) is 0 Å². The van der Waals surface area contributed by atoms with Crippen LogP contribution in [0, 0.1) is 0 Å². The summed E-state index contributed by atoms with van der Waals surface area (Å²) in [6, 6.07) is 15.1. The van der Waals surface area contributed by atoms with Crippen LogP contribution in [0.3, 0.4) is 0 Å². The summed E-state index contributed by atoms with van der Waals surface area (Å²) in [7, 11) is 0. The van der Waals surface area contributed by atoms with E-state index in [1.165, 1.54) is 6.20 Å². The highest BCUT2D eigenvalue weighted by Gasteiger charge is 2.21. The number of H-pyrrole nitrogens is 3. The number of nitrogens with zero attached hydrogens (tertiary/aromatic N) is 1. The summed E-state index contributed by atoms with van der Waals surface area (Å²) in [5.41, 5.74) is 3.10. The Morgan fingerprint density at radius 1 is 0.741 bits per heavy atom. The number of carbonyl (C=O) groups is 2. The van der Waals surface area contributed by atoms with Crippen molar-refractivity contribution in [3.8, 4) is 0 Å². The minimum atomic E-state index is -0.259. The van der Waals surface area contributed by atoms with Gasteiger partial charge in [0.2, 0.25) is 11.6 Å². The molecule has 0 atom stereocenters. The summed E-state index contributed by atoms with van der Waals surface area (Å²) in [5, 5.41) is 1.66. The van der Waals surface area contributed by atoms with Crippen molar-refractivity contribution in [2.75, 3.05) is 0 Å². The summed E-state index contributed by atoms with van der Waals surface area (Å²) in [4.78, 5) is 38.9. The first-order chi connectivity index (χ1) is 13.2. The van der Waals surface area contributed by atoms with E-state index in [9.17, 15) is 9.59 Å². The molecule has 0 aliphatic carbocycles. The predicted molar refractivity (Wildman–Crippen MR) is 102 cm³/mol. The molecule has 0 amide bonds. The lowest BCUT2D eigenvalue weighted by Crippen LogP contribution is -2.05. The highest BCUT2D eigenvalue weighted by Crippen LogP contribution is 2.22. The van der Waals surface area contributed by atoms with E-state index in [4.69, 9.17) is 0 Å². The highest BCUT2D eigenvalue weighted by molar-refractivity contribution is 6.17. The van der Waals surface area contributed by atoms with Crippen LogP contribution in [-0.4, -0.2) is 31.5 Å². The number of fused-ring (bicyclic) bond motifs is 2. The first kappa shape index (κ1) is 15.3. The van der Waals surface area contributed by atoms with E-state index in [-0.39, 0.29) is 23.1 Å². The van der Waals surface area contributed by atoms with Gasteiger partial charge in [0.05, 0.1) is 11.8 Å². The van der Waals surface area contributed by atoms with Crippen molar-refractivity contribution in [2.24, 2.45) is 0 Å². The van der Waals surface area contributed by atoms with Crippen LogP contribution >= 0.6 is 0 Å². The fraction of sp³-hybridized carbons (Fsp3) is 0. The molecule has 0 bridgehead atoms. The molecule has 5 rings (SSSR count). The monoisotopic (exact) mass is 354 g/mol. The third-order valence-corrected chi connectivity index (χ3v) is 4.70. The number of ketones is 2. The molecular formula is C21H14N4O2. The van der Waals surface area contributed by atoms with Crippen molar-refractivity contribution in [3.63, 3.8) is 0 Å². The molecule has 27 heavy (non-hydrogen) atoms. The van der Waals surface area contributed by atoms with Crippen molar-refractivity contribution in [3.05, 3.63) is 89.8 Å². The van der Waals surface area contributed by atoms with E-state index < -0.39 is 0 Å². The lowest BCUT2D eigenvalue weighted by Gasteiger charge is -1.97. The number of aromatic nitrogens is 4. The van der Waals surface area contributed by atoms with Gasteiger partial charge in [-0.3, -0.25) is 9.59 Å². The Labute approximate surface area is 153 Å². The molecule has 6 nitrogen and oxygen atoms in total. The SMILES string of the molecule is O=C(c1cnc(C(=O)c2c[nH]c3ccccc23)[nH]1)c1c[nH]c2ccccc12. The van der Waals surface area contributed by atoms with Crippen LogP contribution in [0.25, 0.3) is 21.8 Å². The number of benzene rings is 2. The second-order valence-electron chi connectivity index (χ2n) is 6.30. The Hall–Kier alpha value is -3.93. The van der Waals surface area contributed by atoms with Gasteiger partial charge >= 0.3 is 0 Å². The van der Waals surface area contributed by atoms with Crippen molar-refractivity contribution in [1.82, 2.24) is 19.9 Å². The zero-order chi connectivity index (χ0) is 18.4. The molecule has 130 valence electrons. The third-order valence-electron chi connectivity index (χ3n) is 4.70. The van der Waals surface area contributed by atoms with Gasteiger partial charge in [-0.2, -0.15) is 0 Å². The fourth-order valence-electron chi connectivity index (χ4n) is 3.34. The van der Waals surface area contributed by atoms with Gasteiger partial charge < -0.3 is 15.0 Å². The van der Waals surface area contributed by atoms with E-state index in [0.29, 0.717) is 11.1 Å². The summed E-state index contributed by atoms with van der Waals surface area (Å²) in [6.07, 6.45) is 4.75. The molecule has 0 aliphatic heterocycles. The molecule has 0 unspecified atom stereocenters. The number of hydrogen-bond acceptors (Lipinski definition) is 3. The second-order valence-corrected chi connectivity index (χ2v) is 6.30. The van der Waals surface area contributed by atoms with Gasteiger partial charge in [0.1, 0.15) is 5.69 Å². The third kappa shape index (κ3) is 2.38. The largest absolute Gasteiger partial charge is 0.360 e. The van der Waals surface area contributed by atoms with Crippen LogP contribution in [0.1, 0.15) is 32.2 Å². The highest BCUT2D eigenvalue weighted by atomic mass is 16.1. The maximum absolute atomic E-state index is 12.8. The van der Waals surface area contributed by atoms with Gasteiger partial charge in [-0.05, 0) is 12.1 Å². The summed E-state index contributed by atoms with van der Waals surface area (Å²) in [5.74, 6) is -0.328. The van der Waals surface area contributed by atoms with Crippen molar-refractivity contribution in [1.29, 1.82) is 0 Å². The van der Waals surface area contributed by atoms with Gasteiger partial charge in [0.25, 0.3) is 0 Å². The zero-order valence-electron chi connectivity index (χ0n) is 14.1. The van der Waals surface area contributed by atoms with Crippen molar-refractivity contribution in [2.45, 2.75) is 0 Å². The average molecular weight is 354 g/mol. The normalized spacial score (nSPS) is 11.3. The van der Waals surface area contributed by atoms with Gasteiger partial charge in [0.15, 0.2) is 5.82 Å². The molecule has 3 aromatic heterocycles. The van der Waals surface area contributed by atoms with Crippen LogP contribution in [-0.2, 0) is 0 Å². The van der Waals surface area contributed by atoms with Crippen molar-refractivity contribution >= 4 is 33.4 Å². The number of para-hydroxylation sites is 2. The van der Waals surface area contributed by atoms with E-state index in [1.54, 1.807) is 12.4 Å². The summed E-state index contributed by atoms with van der Waals surface area (Å²) in [6.45, 7) is 0. The van der Waals surface area contributed by atoms with Crippen molar-refractivity contribution < 1.29 is 9.59 Å². The Kier molecular flexibility index (Phi) is 3.30. The number of carbonyl (C=O) groups excluding carboxylic acids is 2. The van der Waals surface area contributed by atoms with E-state index in [1.807, 2.05) is 48.5 Å². The second kappa shape index (κ2) is 5.81. The van der Waals surface area contributed by atoms with Crippen LogP contribution in [0.5, 0.6) is 0 Å². The van der Waals surface area contributed by atoms with E-state index >= 15 is 0 Å². The Balaban J connectivity index is 1.51. The molecule has 0 aliphatic rings. The standard InChI is InChI=1S/C21H14N4O2/c26-19(14-9-22-16-7-3-1-5-12(14)16)18-11-24-21(25-18)20(27)15-10-23-17-8-4-2-6-13(15)17/h1-11,22-23H,(H,24,25). The van der Waals surface area contributed by atoms with Crippen LogP contribution < -0.4 is 0 Å². The van der Waals surface area contributed by atoms with Gasteiger partial charge in [0, 0.05) is 39.8 Å². The molecule has 2 aromatic carbocycles. The Bertz CT molecular complexity index is 1220. The Morgan fingerprint density at radius 2 is 1.30 bits per heavy atom. The van der Waals surface area contributed by atoms with Crippen LogP contribution in [0.15, 0.2) is 67.1 Å². The molecule has 0 saturated heterocycles. The fourth-order valence-corrected chi connectivity index (χ4v) is 3.34. The van der Waals surface area contributed by atoms with Gasteiger partial charge in [-0.1, -0.05) is 36.4 Å². The summed E-state index contributed by atoms with van der Waals surface area (Å²) >= 11 is 0. The first-order valence-electron chi connectivity index (χ1n) is 8.49. The molecule has 3 heterocycles. The van der Waals surface area contributed by atoms with Crippen LogP contribution in [0.2, 0.25) is 0 Å². The predicted octanol–water partition coefficient (Wildman–Crippen LogP) is 3.83. The zero-order valence-corrected chi connectivity index (χ0v) is 14.1. The first-order valence-corrected chi connectivity index (χ1v) is 8.49. The minimum absolute atomic E-state index is 0.142. The summed E-state index contributed by atoms with van der Waals surface area (Å²) < 4.78 is 0. The number of nitrogens with one attached hydrogen (secondary N) is 3. The number of rotatable bonds is 4. The molecule has 0 radical (unpaired) electrons. The van der Waals surface area contributed by atoms with E-state index in [0.717, 1.165) is 21.8 Å². The molecule has 6 heteroatoms. The molecule has 0 fully saturated rings. The molecule has 0 saturated carbocycles. The maximum Gasteiger partial charge on any atom is 0.230 e. The quantitative estimate of drug-likeness (QED) is 0.428. The average Bonchev–Trinajstić information content (AvgIpc) is 3.44. The van der Waals surface area contributed by atoms with Gasteiger partial charge in [-0.15, -0.1) is 0 Å². The molecular weight excluding hydrogens is 340 g/mol. The van der Waals surface area contributed by atoms with E-state index in [2.05, 4.69) is 19.9 Å². The minimum Gasteiger partial charge on any atom is -0.360 e. The lowest BCUT2D eigenvalue weighted by atomic mass is 10.1. The number of imidazole rings is 1. The molecule has 5 aromatic rings. The number of hydrogen-bond donors (Lipinski definition) is 3.